The van der Waals surface area contributed by atoms with Gasteiger partial charge in [0.25, 0.3) is 0 Å². The molecule has 4 heteroatoms. The molecule has 4 nitrogen and oxygen atoms in total. The molecule has 4 saturated carbocycles. The lowest BCUT2D eigenvalue weighted by Gasteiger charge is -2.61. The fraction of sp³-hybridized carbons (Fsp3) is 0.926. The Kier molecular flexibility index (Phi) is 6.49. The van der Waals surface area contributed by atoms with Crippen molar-refractivity contribution in [2.75, 3.05) is 0 Å². The minimum atomic E-state index is -0.651. The molecule has 0 radical (unpaired) electrons. The van der Waals surface area contributed by atoms with Crippen molar-refractivity contribution in [3.05, 3.63) is 0 Å². The van der Waals surface area contributed by atoms with Crippen LogP contribution in [0.1, 0.15) is 105 Å². The molecule has 9 atom stereocenters. The Labute approximate surface area is 188 Å². The number of hydrogen-bond acceptors (Lipinski definition) is 3. The number of ether oxygens (including phenoxy) is 1. The number of esters is 1. The van der Waals surface area contributed by atoms with Gasteiger partial charge in [-0.05, 0) is 111 Å². The van der Waals surface area contributed by atoms with Crippen molar-refractivity contribution in [2.45, 2.75) is 111 Å². The van der Waals surface area contributed by atoms with Crippen molar-refractivity contribution < 1.29 is 19.4 Å². The first kappa shape index (κ1) is 23.1. The first-order valence-corrected chi connectivity index (χ1v) is 13.1. The van der Waals surface area contributed by atoms with Crippen LogP contribution in [0.25, 0.3) is 0 Å². The number of carbonyl (C=O) groups excluding carboxylic acids is 1. The van der Waals surface area contributed by atoms with Crippen LogP contribution in [0.2, 0.25) is 0 Å². The number of rotatable bonds is 6. The second-order valence-corrected chi connectivity index (χ2v) is 12.0. The summed E-state index contributed by atoms with van der Waals surface area (Å²) in [6.45, 7) is 9.32. The van der Waals surface area contributed by atoms with Crippen LogP contribution in [-0.2, 0) is 14.3 Å². The van der Waals surface area contributed by atoms with Gasteiger partial charge >= 0.3 is 11.9 Å². The summed E-state index contributed by atoms with van der Waals surface area (Å²) >= 11 is 0. The van der Waals surface area contributed by atoms with E-state index in [1.807, 2.05) is 6.92 Å². The minimum Gasteiger partial charge on any atom is -0.481 e. The summed E-state index contributed by atoms with van der Waals surface area (Å²) in [5.74, 6) is 3.69. The zero-order chi connectivity index (χ0) is 22.4. The predicted molar refractivity (Wildman–Crippen MR) is 121 cm³/mol. The van der Waals surface area contributed by atoms with Gasteiger partial charge in [0, 0.05) is 12.8 Å². The van der Waals surface area contributed by atoms with Crippen molar-refractivity contribution in [1.29, 1.82) is 0 Å². The average molecular weight is 433 g/mol. The zero-order valence-electron chi connectivity index (χ0n) is 20.2. The van der Waals surface area contributed by atoms with E-state index < -0.39 is 5.97 Å². The number of aliphatic carboxylic acids is 1. The second kappa shape index (κ2) is 8.71. The van der Waals surface area contributed by atoms with Gasteiger partial charge in [0.05, 0.1) is 0 Å². The van der Waals surface area contributed by atoms with Crippen molar-refractivity contribution in [2.24, 2.45) is 46.3 Å². The molecule has 0 heterocycles. The van der Waals surface area contributed by atoms with Crippen molar-refractivity contribution in [3.63, 3.8) is 0 Å². The van der Waals surface area contributed by atoms with Crippen LogP contribution in [-0.4, -0.2) is 23.1 Å². The Balaban J connectivity index is 1.45. The van der Waals surface area contributed by atoms with Gasteiger partial charge in [-0.25, -0.2) is 0 Å². The van der Waals surface area contributed by atoms with E-state index in [1.165, 1.54) is 44.9 Å². The first-order chi connectivity index (χ1) is 14.7. The number of carbonyl (C=O) groups is 2. The van der Waals surface area contributed by atoms with Gasteiger partial charge in [0.1, 0.15) is 6.10 Å². The third kappa shape index (κ3) is 4.06. The van der Waals surface area contributed by atoms with Crippen molar-refractivity contribution >= 4 is 11.9 Å². The first-order valence-electron chi connectivity index (χ1n) is 13.1. The molecule has 4 rings (SSSR count). The number of hydrogen-bond donors (Lipinski definition) is 1. The van der Waals surface area contributed by atoms with Crippen LogP contribution in [0.15, 0.2) is 0 Å². The molecular weight excluding hydrogens is 388 g/mol. The fourth-order valence-corrected chi connectivity index (χ4v) is 9.12. The van der Waals surface area contributed by atoms with Crippen molar-refractivity contribution in [3.8, 4) is 0 Å². The normalized spacial score (nSPS) is 45.2. The SMILES string of the molecule is CCC(=O)O[C@@H]1CC[C@@]2(C)[C@H](CC[C@@H]3[C@@H]2CC[C@]2(C)[C@@H]([C@H](C)CCC(=O)O)CC[C@@H]32)C1. The van der Waals surface area contributed by atoms with E-state index in [0.29, 0.717) is 41.4 Å². The highest BCUT2D eigenvalue weighted by Crippen LogP contribution is 2.68. The minimum absolute atomic E-state index is 0.0373. The molecule has 31 heavy (non-hydrogen) atoms. The highest BCUT2D eigenvalue weighted by Gasteiger charge is 2.60. The van der Waals surface area contributed by atoms with E-state index in [9.17, 15) is 9.59 Å². The van der Waals surface area contributed by atoms with E-state index in [4.69, 9.17) is 9.84 Å². The fourth-order valence-electron chi connectivity index (χ4n) is 9.12. The Bertz CT molecular complexity index is 689. The summed E-state index contributed by atoms with van der Waals surface area (Å²) in [5, 5.41) is 9.15. The molecule has 0 unspecified atom stereocenters. The molecule has 0 aromatic rings. The third-order valence-electron chi connectivity index (χ3n) is 10.8. The number of carboxylic acid groups (broad SMARTS) is 1. The monoisotopic (exact) mass is 432 g/mol. The molecule has 1 N–H and O–H groups in total. The topological polar surface area (TPSA) is 63.6 Å². The van der Waals surface area contributed by atoms with E-state index >= 15 is 0 Å². The van der Waals surface area contributed by atoms with Crippen LogP contribution < -0.4 is 0 Å². The van der Waals surface area contributed by atoms with Crippen LogP contribution in [0.3, 0.4) is 0 Å². The second-order valence-electron chi connectivity index (χ2n) is 12.0. The quantitative estimate of drug-likeness (QED) is 0.489. The molecule has 4 fully saturated rings. The Hall–Kier alpha value is -1.06. The van der Waals surface area contributed by atoms with Gasteiger partial charge in [0.2, 0.25) is 0 Å². The average Bonchev–Trinajstić information content (AvgIpc) is 3.09. The Morgan fingerprint density at radius 1 is 1.00 bits per heavy atom. The van der Waals surface area contributed by atoms with E-state index in [-0.39, 0.29) is 12.1 Å². The van der Waals surface area contributed by atoms with Crippen LogP contribution in [0, 0.1) is 46.3 Å². The van der Waals surface area contributed by atoms with Gasteiger partial charge in [-0.1, -0.05) is 27.7 Å². The maximum atomic E-state index is 11.8. The predicted octanol–water partition coefficient (Wildman–Crippen LogP) is 6.47. The highest BCUT2D eigenvalue weighted by molar-refractivity contribution is 5.69. The largest absolute Gasteiger partial charge is 0.481 e. The van der Waals surface area contributed by atoms with E-state index in [1.54, 1.807) is 0 Å². The van der Waals surface area contributed by atoms with Gasteiger partial charge < -0.3 is 9.84 Å². The lowest BCUT2D eigenvalue weighted by Crippen LogP contribution is -2.54. The summed E-state index contributed by atoms with van der Waals surface area (Å²) in [4.78, 5) is 22.9. The Morgan fingerprint density at radius 2 is 1.71 bits per heavy atom. The third-order valence-corrected chi connectivity index (χ3v) is 10.8. The lowest BCUT2D eigenvalue weighted by atomic mass is 9.44. The molecule has 0 saturated heterocycles. The van der Waals surface area contributed by atoms with Gasteiger partial charge in [-0.2, -0.15) is 0 Å². The number of carboxylic acids is 1. The molecular formula is C27H44O4. The molecule has 0 aromatic carbocycles. The highest BCUT2D eigenvalue weighted by atomic mass is 16.5. The Morgan fingerprint density at radius 3 is 2.42 bits per heavy atom. The van der Waals surface area contributed by atoms with Crippen LogP contribution >= 0.6 is 0 Å². The maximum absolute atomic E-state index is 11.8. The summed E-state index contributed by atoms with van der Waals surface area (Å²) in [5.41, 5.74) is 0.808. The van der Waals surface area contributed by atoms with Crippen LogP contribution in [0.5, 0.6) is 0 Å². The smallest absolute Gasteiger partial charge is 0.305 e. The van der Waals surface area contributed by atoms with Gasteiger partial charge in [-0.15, -0.1) is 0 Å². The lowest BCUT2D eigenvalue weighted by molar-refractivity contribution is -0.162. The molecule has 0 aliphatic heterocycles. The van der Waals surface area contributed by atoms with E-state index in [2.05, 4.69) is 20.8 Å². The van der Waals surface area contributed by atoms with Gasteiger partial charge in [-0.3, -0.25) is 9.59 Å². The number of fused-ring (bicyclic) bond motifs is 5. The summed E-state index contributed by atoms with van der Waals surface area (Å²) in [6, 6.07) is 0. The molecule has 0 amide bonds. The molecule has 0 bridgehead atoms. The maximum Gasteiger partial charge on any atom is 0.305 e. The zero-order valence-corrected chi connectivity index (χ0v) is 20.2. The summed E-state index contributed by atoms with van der Waals surface area (Å²) in [7, 11) is 0. The molecule has 176 valence electrons. The summed E-state index contributed by atoms with van der Waals surface area (Å²) < 4.78 is 5.76. The van der Waals surface area contributed by atoms with Crippen molar-refractivity contribution in [1.82, 2.24) is 0 Å². The molecule has 4 aliphatic rings. The van der Waals surface area contributed by atoms with Crippen LogP contribution in [0.4, 0.5) is 0 Å². The standard InChI is InChI=1S/C27H44O4/c1-5-25(30)31-19-12-14-26(3)18(16-19)7-8-20-22-10-9-21(17(2)6-11-24(28)29)27(22,4)15-13-23(20)26/h17-23H,5-16H2,1-4H3,(H,28,29)/t17-,18-,19-,20+,21-,22+,23+,26+,27-/m1/s1. The molecule has 0 spiro atoms. The van der Waals surface area contributed by atoms with Gasteiger partial charge in [0.15, 0.2) is 0 Å². The molecule has 0 aromatic heterocycles. The molecule has 4 aliphatic carbocycles. The summed E-state index contributed by atoms with van der Waals surface area (Å²) in [6.07, 6.45) is 13.0. The van der Waals surface area contributed by atoms with E-state index in [0.717, 1.165) is 37.0 Å².